The van der Waals surface area contributed by atoms with Gasteiger partial charge in [-0.05, 0) is 18.6 Å². The van der Waals surface area contributed by atoms with Gasteiger partial charge in [0, 0.05) is 11.6 Å². The van der Waals surface area contributed by atoms with Gasteiger partial charge in [-0.2, -0.15) is 8.78 Å². The molecule has 0 heterocycles. The highest BCUT2D eigenvalue weighted by Crippen LogP contribution is 2.30. The van der Waals surface area contributed by atoms with Crippen LogP contribution in [-0.4, -0.2) is 17.8 Å². The third kappa shape index (κ3) is 2.50. The monoisotopic (exact) mass is 231 g/mol. The van der Waals surface area contributed by atoms with E-state index in [1.54, 1.807) is 0 Å². The first kappa shape index (κ1) is 12.0. The maximum atomic E-state index is 12.0. The van der Waals surface area contributed by atoms with E-state index in [2.05, 4.69) is 4.74 Å². The summed E-state index contributed by atoms with van der Waals surface area (Å²) >= 11 is 0. The van der Waals surface area contributed by atoms with Crippen LogP contribution in [0, 0.1) is 17.0 Å². The molecular formula is C9H7F2NO4. The fourth-order valence-electron chi connectivity index (χ4n) is 1.15. The Morgan fingerprint density at radius 3 is 2.56 bits per heavy atom. The summed E-state index contributed by atoms with van der Waals surface area (Å²) in [6.07, 6.45) is 0.414. The van der Waals surface area contributed by atoms with Crippen molar-refractivity contribution >= 4 is 12.0 Å². The van der Waals surface area contributed by atoms with Crippen molar-refractivity contribution < 1.29 is 23.2 Å². The molecule has 0 saturated carbocycles. The van der Waals surface area contributed by atoms with Crippen LogP contribution in [0.1, 0.15) is 15.9 Å². The molecule has 1 rings (SSSR count). The Bertz CT molecular complexity index is 434. The fourth-order valence-corrected chi connectivity index (χ4v) is 1.15. The predicted molar refractivity (Wildman–Crippen MR) is 49.9 cm³/mol. The van der Waals surface area contributed by atoms with Crippen LogP contribution in [0.5, 0.6) is 5.75 Å². The van der Waals surface area contributed by atoms with Gasteiger partial charge < -0.3 is 4.74 Å². The Kier molecular flexibility index (Phi) is 3.49. The molecule has 5 nitrogen and oxygen atoms in total. The lowest BCUT2D eigenvalue weighted by molar-refractivity contribution is -0.386. The quantitative estimate of drug-likeness (QED) is 0.453. The Morgan fingerprint density at radius 1 is 1.50 bits per heavy atom. The van der Waals surface area contributed by atoms with Crippen molar-refractivity contribution in [1.29, 1.82) is 0 Å². The molecule has 86 valence electrons. The van der Waals surface area contributed by atoms with Gasteiger partial charge in [-0.15, -0.1) is 0 Å². The minimum Gasteiger partial charge on any atom is -0.427 e. The molecule has 0 atom stereocenters. The summed E-state index contributed by atoms with van der Waals surface area (Å²) in [4.78, 5) is 20.2. The molecule has 0 fully saturated rings. The molecule has 0 aliphatic heterocycles. The van der Waals surface area contributed by atoms with Crippen LogP contribution in [0.2, 0.25) is 0 Å². The maximum Gasteiger partial charge on any atom is 0.387 e. The highest BCUT2D eigenvalue weighted by molar-refractivity contribution is 5.79. The van der Waals surface area contributed by atoms with Crippen LogP contribution in [0.3, 0.4) is 0 Å². The Labute approximate surface area is 88.8 Å². The minimum atomic E-state index is -3.18. The van der Waals surface area contributed by atoms with Crippen molar-refractivity contribution in [3.05, 3.63) is 33.4 Å². The van der Waals surface area contributed by atoms with Gasteiger partial charge in [-0.25, -0.2) is 0 Å². The normalized spacial score (nSPS) is 10.2. The molecule has 1 aromatic carbocycles. The molecule has 0 bridgehead atoms. The Morgan fingerprint density at radius 2 is 2.12 bits per heavy atom. The topological polar surface area (TPSA) is 69.4 Å². The van der Waals surface area contributed by atoms with Gasteiger partial charge in [-0.3, -0.25) is 14.9 Å². The number of halogens is 2. The zero-order valence-corrected chi connectivity index (χ0v) is 8.15. The molecule has 0 spiro atoms. The largest absolute Gasteiger partial charge is 0.427 e. The standard InChI is InChI=1S/C9H7F2NO4/c1-5-2-7(12(14)15)8(16-9(10)11)3-6(5)4-13/h2-4,9H,1H3. The number of aryl methyl sites for hydroxylation is 1. The first-order chi connectivity index (χ1) is 7.45. The number of alkyl halides is 2. The molecule has 0 radical (unpaired) electrons. The van der Waals surface area contributed by atoms with Gasteiger partial charge >= 0.3 is 12.3 Å². The van der Waals surface area contributed by atoms with Gasteiger partial charge in [0.1, 0.15) is 6.29 Å². The highest BCUT2D eigenvalue weighted by atomic mass is 19.3. The van der Waals surface area contributed by atoms with E-state index < -0.39 is 23.0 Å². The number of rotatable bonds is 4. The molecule has 0 amide bonds. The van der Waals surface area contributed by atoms with Crippen LogP contribution < -0.4 is 4.74 Å². The second-order valence-electron chi connectivity index (χ2n) is 2.93. The summed E-state index contributed by atoms with van der Waals surface area (Å²) in [5, 5.41) is 10.5. The third-order valence-corrected chi connectivity index (χ3v) is 1.89. The van der Waals surface area contributed by atoms with Gasteiger partial charge in [0.25, 0.3) is 0 Å². The summed E-state index contributed by atoms with van der Waals surface area (Å²) < 4.78 is 27.9. The van der Waals surface area contributed by atoms with E-state index in [9.17, 15) is 23.7 Å². The molecule has 0 aliphatic rings. The summed E-state index contributed by atoms with van der Waals surface area (Å²) in [5.74, 6) is -0.618. The molecule has 0 aliphatic carbocycles. The summed E-state index contributed by atoms with van der Waals surface area (Å²) in [6.45, 7) is -1.72. The van der Waals surface area contributed by atoms with E-state index in [1.807, 2.05) is 0 Å². The van der Waals surface area contributed by atoms with Crippen LogP contribution >= 0.6 is 0 Å². The third-order valence-electron chi connectivity index (χ3n) is 1.89. The smallest absolute Gasteiger partial charge is 0.387 e. The number of nitro benzene ring substituents is 1. The van der Waals surface area contributed by atoms with E-state index >= 15 is 0 Å². The number of hydrogen-bond acceptors (Lipinski definition) is 4. The number of nitrogens with zero attached hydrogens (tertiary/aromatic N) is 1. The number of benzene rings is 1. The molecule has 7 heteroatoms. The number of ether oxygens (including phenoxy) is 1. The second-order valence-corrected chi connectivity index (χ2v) is 2.93. The van der Waals surface area contributed by atoms with Crippen LogP contribution in [-0.2, 0) is 0 Å². The molecular weight excluding hydrogens is 224 g/mol. The van der Waals surface area contributed by atoms with E-state index in [1.165, 1.54) is 6.92 Å². The van der Waals surface area contributed by atoms with Crippen molar-refractivity contribution in [2.45, 2.75) is 13.5 Å². The molecule has 0 N–H and O–H groups in total. The van der Waals surface area contributed by atoms with E-state index in [0.717, 1.165) is 12.1 Å². The lowest BCUT2D eigenvalue weighted by Gasteiger charge is -2.07. The molecule has 16 heavy (non-hydrogen) atoms. The summed E-state index contributed by atoms with van der Waals surface area (Å²) in [6, 6.07) is 1.94. The zero-order chi connectivity index (χ0) is 12.3. The number of carbonyl (C=O) groups is 1. The van der Waals surface area contributed by atoms with Crippen LogP contribution in [0.15, 0.2) is 12.1 Å². The first-order valence-corrected chi connectivity index (χ1v) is 4.14. The number of carbonyl (C=O) groups excluding carboxylic acids is 1. The average Bonchev–Trinajstić information content (AvgIpc) is 2.19. The lowest BCUT2D eigenvalue weighted by Crippen LogP contribution is -2.05. The SMILES string of the molecule is Cc1cc([N+](=O)[O-])c(OC(F)F)cc1C=O. The Hall–Kier alpha value is -2.05. The van der Waals surface area contributed by atoms with E-state index in [-0.39, 0.29) is 5.56 Å². The van der Waals surface area contributed by atoms with Crippen LogP contribution in [0.25, 0.3) is 0 Å². The second kappa shape index (κ2) is 4.65. The number of aldehydes is 1. The molecule has 0 aromatic heterocycles. The van der Waals surface area contributed by atoms with Crippen molar-refractivity contribution in [3.63, 3.8) is 0 Å². The number of nitro groups is 1. The summed E-state index contributed by atoms with van der Waals surface area (Å²) in [7, 11) is 0. The molecule has 0 unspecified atom stereocenters. The molecule has 1 aromatic rings. The average molecular weight is 231 g/mol. The molecule has 0 saturated heterocycles. The van der Waals surface area contributed by atoms with E-state index in [0.29, 0.717) is 11.8 Å². The maximum absolute atomic E-state index is 12.0. The minimum absolute atomic E-state index is 0.0706. The van der Waals surface area contributed by atoms with Gasteiger partial charge in [0.2, 0.25) is 5.75 Å². The predicted octanol–water partition coefficient (Wildman–Crippen LogP) is 2.32. The fraction of sp³-hybridized carbons (Fsp3) is 0.222. The summed E-state index contributed by atoms with van der Waals surface area (Å²) in [5.41, 5.74) is -0.201. The first-order valence-electron chi connectivity index (χ1n) is 4.14. The lowest BCUT2D eigenvalue weighted by atomic mass is 10.1. The Balaban J connectivity index is 3.30. The van der Waals surface area contributed by atoms with Crippen LogP contribution in [0.4, 0.5) is 14.5 Å². The van der Waals surface area contributed by atoms with Gasteiger partial charge in [-0.1, -0.05) is 0 Å². The van der Waals surface area contributed by atoms with Gasteiger partial charge in [0.15, 0.2) is 0 Å². The highest BCUT2D eigenvalue weighted by Gasteiger charge is 2.20. The zero-order valence-electron chi connectivity index (χ0n) is 8.15. The number of hydrogen-bond donors (Lipinski definition) is 0. The van der Waals surface area contributed by atoms with Crippen molar-refractivity contribution in [1.82, 2.24) is 0 Å². The van der Waals surface area contributed by atoms with Crippen molar-refractivity contribution in [2.24, 2.45) is 0 Å². The van der Waals surface area contributed by atoms with Crippen molar-refractivity contribution in [2.75, 3.05) is 0 Å². The van der Waals surface area contributed by atoms with Crippen molar-refractivity contribution in [3.8, 4) is 5.75 Å². The van der Waals surface area contributed by atoms with Gasteiger partial charge in [0.05, 0.1) is 4.92 Å². The van der Waals surface area contributed by atoms with E-state index in [4.69, 9.17) is 0 Å².